The van der Waals surface area contributed by atoms with Crippen LogP contribution in [0.4, 0.5) is 17.1 Å². The van der Waals surface area contributed by atoms with Crippen molar-refractivity contribution in [2.45, 2.75) is 0 Å². The van der Waals surface area contributed by atoms with Gasteiger partial charge in [0.2, 0.25) is 0 Å². The normalized spacial score (nSPS) is 11.2. The Hall–Kier alpha value is -9.04. The summed E-state index contributed by atoms with van der Waals surface area (Å²) >= 11 is 0. The van der Waals surface area contributed by atoms with Crippen molar-refractivity contribution in [1.82, 2.24) is 0 Å². The summed E-state index contributed by atoms with van der Waals surface area (Å²) < 4.78 is 0. The highest BCUT2D eigenvalue weighted by molar-refractivity contribution is 5.98. The molecule has 12 rings (SSSR count). The number of benzene rings is 12. The Balaban J connectivity index is 0.914. The second kappa shape index (κ2) is 18.3. The Bertz CT molecular complexity index is 3750. The Morgan fingerprint density at radius 1 is 0.174 bits per heavy atom. The quantitative estimate of drug-likeness (QED) is 0.132. The lowest BCUT2D eigenvalue weighted by molar-refractivity contribution is 1.28. The van der Waals surface area contributed by atoms with Crippen LogP contribution in [0.15, 0.2) is 285 Å². The molecule has 0 radical (unpaired) electrons. The van der Waals surface area contributed by atoms with Gasteiger partial charge in [0.25, 0.3) is 0 Å². The van der Waals surface area contributed by atoms with Crippen molar-refractivity contribution < 1.29 is 0 Å². The van der Waals surface area contributed by atoms with Crippen LogP contribution in [-0.2, 0) is 0 Å². The second-order valence-corrected chi connectivity index (χ2v) is 17.6. The summed E-state index contributed by atoms with van der Waals surface area (Å²) in [5.74, 6) is 0. The van der Waals surface area contributed by atoms with Crippen molar-refractivity contribution in [2.75, 3.05) is 4.90 Å². The van der Waals surface area contributed by atoms with Gasteiger partial charge >= 0.3 is 0 Å². The fraction of sp³-hybridized carbons (Fsp3) is 0. The predicted octanol–water partition coefficient (Wildman–Crippen LogP) is 19.1. The number of hydrogen-bond acceptors (Lipinski definition) is 1. The maximum absolute atomic E-state index is 2.38. The third-order valence-electron chi connectivity index (χ3n) is 13.5. The summed E-state index contributed by atoms with van der Waals surface area (Å²) in [6.45, 7) is 0. The van der Waals surface area contributed by atoms with Crippen molar-refractivity contribution in [3.8, 4) is 77.9 Å². The number of fused-ring (bicyclic) bond motifs is 2. The largest absolute Gasteiger partial charge is 0.310 e. The molecular formula is C68H47N. The molecular weight excluding hydrogens is 831 g/mol. The molecule has 0 aliphatic heterocycles. The van der Waals surface area contributed by atoms with E-state index in [1.54, 1.807) is 0 Å². The average molecular weight is 878 g/mol. The maximum atomic E-state index is 2.38. The molecule has 12 aromatic rings. The van der Waals surface area contributed by atoms with Gasteiger partial charge in [-0.05, 0) is 142 Å². The molecule has 0 aliphatic rings. The third kappa shape index (κ3) is 8.18. The first kappa shape index (κ1) is 41.4. The van der Waals surface area contributed by atoms with Crippen LogP contribution in [0, 0.1) is 0 Å². The summed E-state index contributed by atoms with van der Waals surface area (Å²) in [6.07, 6.45) is 0. The van der Waals surface area contributed by atoms with E-state index in [0.717, 1.165) is 22.6 Å². The SMILES string of the molecule is c1ccc(-c2ccccc2-c2ccccc2-c2ccccc2-c2ccc(N(c3ccc(-c4ccc(-c5cccc6ccccc56)cc4)cc3)c3cccc(-c4ccc5ccccc5c4)c3)cc2)cc1. The zero-order valence-corrected chi connectivity index (χ0v) is 38.1. The summed E-state index contributed by atoms with van der Waals surface area (Å²) in [6, 6.07) is 104. The van der Waals surface area contributed by atoms with E-state index < -0.39 is 0 Å². The lowest BCUT2D eigenvalue weighted by Crippen LogP contribution is -2.10. The first-order chi connectivity index (χ1) is 34.2. The highest BCUT2D eigenvalue weighted by Crippen LogP contribution is 2.43. The molecule has 0 aliphatic carbocycles. The van der Waals surface area contributed by atoms with E-state index in [1.807, 2.05) is 0 Å². The van der Waals surface area contributed by atoms with Crippen LogP contribution >= 0.6 is 0 Å². The average Bonchev–Trinajstić information content (AvgIpc) is 3.43. The molecule has 69 heavy (non-hydrogen) atoms. The molecule has 1 nitrogen and oxygen atoms in total. The van der Waals surface area contributed by atoms with Crippen LogP contribution in [0.5, 0.6) is 0 Å². The highest BCUT2D eigenvalue weighted by Gasteiger charge is 2.18. The van der Waals surface area contributed by atoms with Crippen molar-refractivity contribution in [2.24, 2.45) is 0 Å². The molecule has 0 amide bonds. The number of rotatable bonds is 10. The molecule has 0 saturated heterocycles. The first-order valence-corrected chi connectivity index (χ1v) is 23.7. The van der Waals surface area contributed by atoms with Gasteiger partial charge in [0.15, 0.2) is 0 Å². The summed E-state index contributed by atoms with van der Waals surface area (Å²) in [4.78, 5) is 2.38. The number of nitrogens with zero attached hydrogens (tertiary/aromatic N) is 1. The molecule has 0 unspecified atom stereocenters. The van der Waals surface area contributed by atoms with Gasteiger partial charge in [-0.3, -0.25) is 0 Å². The van der Waals surface area contributed by atoms with E-state index in [-0.39, 0.29) is 0 Å². The minimum atomic E-state index is 1.08. The van der Waals surface area contributed by atoms with E-state index in [9.17, 15) is 0 Å². The second-order valence-electron chi connectivity index (χ2n) is 17.6. The van der Waals surface area contributed by atoms with Crippen LogP contribution in [0.1, 0.15) is 0 Å². The molecule has 0 spiro atoms. The highest BCUT2D eigenvalue weighted by atomic mass is 15.1. The summed E-state index contributed by atoms with van der Waals surface area (Å²) in [5.41, 5.74) is 20.1. The molecule has 0 aromatic heterocycles. The fourth-order valence-electron chi connectivity index (χ4n) is 10.1. The Kier molecular flexibility index (Phi) is 11.0. The van der Waals surface area contributed by atoms with Crippen molar-refractivity contribution in [3.05, 3.63) is 285 Å². The number of hydrogen-bond donors (Lipinski definition) is 0. The number of anilines is 3. The molecule has 0 atom stereocenters. The van der Waals surface area contributed by atoms with Gasteiger partial charge in [-0.15, -0.1) is 0 Å². The van der Waals surface area contributed by atoms with Crippen LogP contribution in [0.3, 0.4) is 0 Å². The van der Waals surface area contributed by atoms with Gasteiger partial charge < -0.3 is 4.90 Å². The Morgan fingerprint density at radius 3 is 1.19 bits per heavy atom. The minimum absolute atomic E-state index is 1.08. The van der Waals surface area contributed by atoms with Gasteiger partial charge in [-0.1, -0.05) is 243 Å². The molecule has 0 bridgehead atoms. The van der Waals surface area contributed by atoms with Crippen LogP contribution in [0.25, 0.3) is 99.4 Å². The first-order valence-electron chi connectivity index (χ1n) is 23.7. The fourth-order valence-corrected chi connectivity index (χ4v) is 10.1. The van der Waals surface area contributed by atoms with E-state index in [2.05, 4.69) is 290 Å². The van der Waals surface area contributed by atoms with Crippen LogP contribution in [-0.4, -0.2) is 0 Å². The van der Waals surface area contributed by atoms with Crippen molar-refractivity contribution >= 4 is 38.6 Å². The van der Waals surface area contributed by atoms with Gasteiger partial charge in [0, 0.05) is 17.1 Å². The molecule has 0 heterocycles. The molecule has 12 aromatic carbocycles. The third-order valence-corrected chi connectivity index (χ3v) is 13.5. The van der Waals surface area contributed by atoms with Crippen molar-refractivity contribution in [1.29, 1.82) is 0 Å². The van der Waals surface area contributed by atoms with Gasteiger partial charge in [0.05, 0.1) is 0 Å². The molecule has 0 N–H and O–H groups in total. The van der Waals surface area contributed by atoms with Crippen LogP contribution in [0.2, 0.25) is 0 Å². The molecule has 1 heteroatoms. The zero-order valence-electron chi connectivity index (χ0n) is 38.1. The Labute approximate surface area is 404 Å². The van der Waals surface area contributed by atoms with Crippen molar-refractivity contribution in [3.63, 3.8) is 0 Å². The van der Waals surface area contributed by atoms with Gasteiger partial charge in [0.1, 0.15) is 0 Å². The van der Waals surface area contributed by atoms with E-state index >= 15 is 0 Å². The maximum Gasteiger partial charge on any atom is 0.0467 e. The zero-order chi connectivity index (χ0) is 45.9. The van der Waals surface area contributed by atoms with E-state index in [1.165, 1.54) is 93.9 Å². The Morgan fingerprint density at radius 2 is 0.551 bits per heavy atom. The van der Waals surface area contributed by atoms with Gasteiger partial charge in [-0.2, -0.15) is 0 Å². The molecule has 324 valence electrons. The van der Waals surface area contributed by atoms with Crippen LogP contribution < -0.4 is 4.90 Å². The van der Waals surface area contributed by atoms with E-state index in [4.69, 9.17) is 0 Å². The molecule has 0 saturated carbocycles. The summed E-state index contributed by atoms with van der Waals surface area (Å²) in [7, 11) is 0. The molecule has 0 fully saturated rings. The lowest BCUT2D eigenvalue weighted by Gasteiger charge is -2.26. The summed E-state index contributed by atoms with van der Waals surface area (Å²) in [5, 5.41) is 5.00. The van der Waals surface area contributed by atoms with Gasteiger partial charge in [-0.25, -0.2) is 0 Å². The van der Waals surface area contributed by atoms with E-state index in [0.29, 0.717) is 0 Å². The standard InChI is InChI=1S/C68H47N/c1-2-17-51(18-3-1)63-25-8-10-27-65(63)67-29-12-13-30-68(67)66-28-11-9-26-64(66)54-40-44-59(45-41-54)69(60-23-14-22-56(47-60)57-37-34-48-16-4-5-20-55(48)46-57)58-42-38-50(39-43-58)49-32-35-53(36-33-49)62-31-15-21-52-19-6-7-24-61(52)62/h1-47H. The monoisotopic (exact) mass is 877 g/mol. The topological polar surface area (TPSA) is 3.24 Å². The predicted molar refractivity (Wildman–Crippen MR) is 294 cm³/mol. The smallest absolute Gasteiger partial charge is 0.0467 e. The lowest BCUT2D eigenvalue weighted by atomic mass is 9.87. The minimum Gasteiger partial charge on any atom is -0.310 e.